The lowest BCUT2D eigenvalue weighted by molar-refractivity contribution is 0.366. The Balaban J connectivity index is 1.95. The largest absolute Gasteiger partial charge is 0.367 e. The summed E-state index contributed by atoms with van der Waals surface area (Å²) in [5.74, 6) is 0.902. The number of benzene rings is 1. The first kappa shape index (κ1) is 15.1. The highest BCUT2D eigenvalue weighted by atomic mass is 15.3. The minimum absolute atomic E-state index is 0.145. The van der Waals surface area contributed by atoms with Gasteiger partial charge in [0, 0.05) is 11.6 Å². The normalized spacial score (nSPS) is 15.5. The average molecular weight is 321 g/mol. The Morgan fingerprint density at radius 3 is 2.46 bits per heavy atom. The molecule has 1 aliphatic carbocycles. The van der Waals surface area contributed by atoms with E-state index in [9.17, 15) is 0 Å². The molecule has 1 saturated carbocycles. The monoisotopic (exact) mass is 321 g/mol. The maximum atomic E-state index is 4.92. The molecule has 1 fully saturated rings. The predicted octanol–water partition coefficient (Wildman–Crippen LogP) is 4.21. The van der Waals surface area contributed by atoms with Crippen molar-refractivity contribution in [2.24, 2.45) is 0 Å². The van der Waals surface area contributed by atoms with E-state index >= 15 is 0 Å². The summed E-state index contributed by atoms with van der Waals surface area (Å²) in [5, 5.41) is 9.53. The molecule has 0 radical (unpaired) electrons. The maximum Gasteiger partial charge on any atom is 0.164 e. The van der Waals surface area contributed by atoms with Crippen molar-refractivity contribution in [1.29, 1.82) is 0 Å². The number of hydrogen-bond acceptors (Lipinski definition) is 4. The summed E-state index contributed by atoms with van der Waals surface area (Å²) in [6.07, 6.45) is 5.35. The molecular formula is C19H23N5. The highest BCUT2D eigenvalue weighted by molar-refractivity contribution is 5.99. The van der Waals surface area contributed by atoms with E-state index < -0.39 is 0 Å². The van der Waals surface area contributed by atoms with Crippen LogP contribution in [0.4, 0.5) is 5.82 Å². The van der Waals surface area contributed by atoms with E-state index in [1.54, 1.807) is 6.33 Å². The molecule has 24 heavy (non-hydrogen) atoms. The van der Waals surface area contributed by atoms with Gasteiger partial charge >= 0.3 is 0 Å². The van der Waals surface area contributed by atoms with Gasteiger partial charge in [-0.05, 0) is 40.0 Å². The van der Waals surface area contributed by atoms with Gasteiger partial charge in [0.25, 0.3) is 0 Å². The molecule has 1 N–H and O–H groups in total. The van der Waals surface area contributed by atoms with Crippen molar-refractivity contribution in [2.45, 2.75) is 51.6 Å². The third kappa shape index (κ3) is 2.54. The van der Waals surface area contributed by atoms with E-state index in [-0.39, 0.29) is 5.54 Å². The van der Waals surface area contributed by atoms with Crippen LogP contribution in [0.2, 0.25) is 0 Å². The molecule has 5 nitrogen and oxygen atoms in total. The number of fused-ring (bicyclic) bond motifs is 1. The molecule has 2 heterocycles. The van der Waals surface area contributed by atoms with Crippen molar-refractivity contribution in [3.8, 4) is 11.3 Å². The lowest BCUT2D eigenvalue weighted by Gasteiger charge is -2.27. The minimum atomic E-state index is -0.145. The summed E-state index contributed by atoms with van der Waals surface area (Å²) in [4.78, 5) is 9.09. The zero-order valence-electron chi connectivity index (χ0n) is 14.5. The van der Waals surface area contributed by atoms with Crippen molar-refractivity contribution >= 4 is 16.9 Å². The van der Waals surface area contributed by atoms with Crippen LogP contribution in [-0.4, -0.2) is 25.8 Å². The molecule has 0 aliphatic heterocycles. The van der Waals surface area contributed by atoms with Crippen LogP contribution in [0.5, 0.6) is 0 Å². The fourth-order valence-electron chi connectivity index (χ4n) is 3.07. The minimum Gasteiger partial charge on any atom is -0.367 e. The van der Waals surface area contributed by atoms with Gasteiger partial charge in [0.15, 0.2) is 5.65 Å². The Morgan fingerprint density at radius 2 is 1.83 bits per heavy atom. The second kappa shape index (κ2) is 5.58. The molecule has 124 valence electrons. The predicted molar refractivity (Wildman–Crippen MR) is 97.0 cm³/mol. The number of rotatable bonds is 3. The van der Waals surface area contributed by atoms with Crippen LogP contribution in [0.3, 0.4) is 0 Å². The molecule has 4 rings (SSSR count). The Morgan fingerprint density at radius 1 is 1.08 bits per heavy atom. The maximum absolute atomic E-state index is 4.92. The van der Waals surface area contributed by atoms with E-state index in [1.807, 2.05) is 22.9 Å². The number of nitrogens with one attached hydrogen (secondary N) is 1. The summed E-state index contributed by atoms with van der Waals surface area (Å²) in [6.45, 7) is 6.44. The topological polar surface area (TPSA) is 55.6 Å². The molecule has 1 aromatic carbocycles. The Hall–Kier alpha value is -2.43. The van der Waals surface area contributed by atoms with Crippen molar-refractivity contribution in [2.75, 3.05) is 5.32 Å². The standard InChI is InChI=1S/C19H23N5/c1-19(2,3)24-18-15(16(23-24)13-8-5-4-6-9-13)17(20-12-21-18)22-14-10-7-11-14/h4-6,8-9,12,14H,7,10-11H2,1-3H3,(H,20,21,22). The van der Waals surface area contributed by atoms with Gasteiger partial charge in [-0.25, -0.2) is 14.6 Å². The van der Waals surface area contributed by atoms with Crippen molar-refractivity contribution in [3.63, 3.8) is 0 Å². The fourth-order valence-corrected chi connectivity index (χ4v) is 3.07. The molecule has 0 spiro atoms. The molecule has 3 aromatic rings. The second-order valence-corrected chi connectivity index (χ2v) is 7.49. The van der Waals surface area contributed by atoms with E-state index in [0.717, 1.165) is 28.1 Å². The SMILES string of the molecule is CC(C)(C)n1nc(-c2ccccc2)c2c(NC3CCC3)ncnc21. The van der Waals surface area contributed by atoms with E-state index in [2.05, 4.69) is 48.2 Å². The molecule has 0 atom stereocenters. The van der Waals surface area contributed by atoms with Crippen molar-refractivity contribution in [3.05, 3.63) is 36.7 Å². The quantitative estimate of drug-likeness (QED) is 0.785. The van der Waals surface area contributed by atoms with E-state index in [4.69, 9.17) is 5.10 Å². The number of hydrogen-bond donors (Lipinski definition) is 1. The molecule has 5 heteroatoms. The van der Waals surface area contributed by atoms with Crippen molar-refractivity contribution in [1.82, 2.24) is 19.7 Å². The zero-order chi connectivity index (χ0) is 16.7. The number of nitrogens with zero attached hydrogens (tertiary/aromatic N) is 4. The van der Waals surface area contributed by atoms with Gasteiger partial charge in [0.1, 0.15) is 17.8 Å². The van der Waals surface area contributed by atoms with Crippen LogP contribution in [0, 0.1) is 0 Å². The summed E-state index contributed by atoms with van der Waals surface area (Å²) in [7, 11) is 0. The van der Waals surface area contributed by atoms with Crippen LogP contribution in [0.1, 0.15) is 40.0 Å². The fraction of sp³-hybridized carbons (Fsp3) is 0.421. The summed E-state index contributed by atoms with van der Waals surface area (Å²) < 4.78 is 2.01. The lowest BCUT2D eigenvalue weighted by atomic mass is 9.93. The number of aromatic nitrogens is 4. The first-order valence-electron chi connectivity index (χ1n) is 8.60. The third-order valence-corrected chi connectivity index (χ3v) is 4.59. The van der Waals surface area contributed by atoms with E-state index in [0.29, 0.717) is 6.04 Å². The highest BCUT2D eigenvalue weighted by Crippen LogP contribution is 2.35. The van der Waals surface area contributed by atoms with Crippen LogP contribution in [0.15, 0.2) is 36.7 Å². The molecule has 0 unspecified atom stereocenters. The smallest absolute Gasteiger partial charge is 0.164 e. The van der Waals surface area contributed by atoms with Gasteiger partial charge in [-0.2, -0.15) is 5.10 Å². The van der Waals surface area contributed by atoms with Gasteiger partial charge in [-0.3, -0.25) is 0 Å². The Bertz CT molecular complexity index is 857. The van der Waals surface area contributed by atoms with Crippen LogP contribution in [-0.2, 0) is 5.54 Å². The Kier molecular flexibility index (Phi) is 3.52. The van der Waals surface area contributed by atoms with Gasteiger partial charge in [0.05, 0.1) is 10.9 Å². The van der Waals surface area contributed by atoms with E-state index in [1.165, 1.54) is 19.3 Å². The molecule has 1 aliphatic rings. The molecule has 2 aromatic heterocycles. The van der Waals surface area contributed by atoms with Crippen LogP contribution < -0.4 is 5.32 Å². The van der Waals surface area contributed by atoms with Gasteiger partial charge in [-0.1, -0.05) is 30.3 Å². The van der Waals surface area contributed by atoms with Gasteiger partial charge in [0.2, 0.25) is 0 Å². The average Bonchev–Trinajstić information content (AvgIpc) is 2.92. The summed E-state index contributed by atoms with van der Waals surface area (Å²) >= 11 is 0. The van der Waals surface area contributed by atoms with Gasteiger partial charge in [-0.15, -0.1) is 0 Å². The molecule has 0 bridgehead atoms. The van der Waals surface area contributed by atoms with Gasteiger partial charge < -0.3 is 5.32 Å². The number of anilines is 1. The third-order valence-electron chi connectivity index (χ3n) is 4.59. The molecular weight excluding hydrogens is 298 g/mol. The summed E-state index contributed by atoms with van der Waals surface area (Å²) in [5.41, 5.74) is 2.78. The molecule has 0 amide bonds. The summed E-state index contributed by atoms with van der Waals surface area (Å²) in [6, 6.07) is 10.8. The van der Waals surface area contributed by atoms with Crippen molar-refractivity contribution < 1.29 is 0 Å². The zero-order valence-corrected chi connectivity index (χ0v) is 14.5. The lowest BCUT2D eigenvalue weighted by Crippen LogP contribution is -2.27. The first-order chi connectivity index (χ1) is 11.5. The first-order valence-corrected chi connectivity index (χ1v) is 8.60. The van der Waals surface area contributed by atoms with Crippen LogP contribution in [0.25, 0.3) is 22.3 Å². The highest BCUT2D eigenvalue weighted by Gasteiger charge is 2.26. The van der Waals surface area contributed by atoms with Crippen LogP contribution >= 0.6 is 0 Å². The Labute approximate surface area is 142 Å². The molecule has 0 saturated heterocycles. The second-order valence-electron chi connectivity index (χ2n) is 7.49.